The van der Waals surface area contributed by atoms with Gasteiger partial charge in [-0.15, -0.1) is 0 Å². The molecule has 2 fully saturated rings. The molecule has 1 unspecified atom stereocenters. The number of rotatable bonds is 7. The van der Waals surface area contributed by atoms with Crippen LogP contribution < -0.4 is 10.1 Å². The molecule has 2 aliphatic rings. The Morgan fingerprint density at radius 3 is 2.25 bits per heavy atom. The second kappa shape index (κ2) is 10.9. The van der Waals surface area contributed by atoms with E-state index in [4.69, 9.17) is 9.47 Å². The summed E-state index contributed by atoms with van der Waals surface area (Å²) >= 11 is 0. The van der Waals surface area contributed by atoms with Crippen molar-refractivity contribution in [3.8, 4) is 5.75 Å². The van der Waals surface area contributed by atoms with E-state index in [9.17, 15) is 9.59 Å². The maximum absolute atomic E-state index is 12.6. The van der Waals surface area contributed by atoms with E-state index < -0.39 is 5.60 Å². The Morgan fingerprint density at radius 1 is 1.03 bits per heavy atom. The van der Waals surface area contributed by atoms with Gasteiger partial charge in [0.2, 0.25) is 0 Å². The topological polar surface area (TPSA) is 71.1 Å². The molecule has 1 N–H and O–H groups in total. The number of nitrogens with zero attached hydrogens (tertiary/aromatic N) is 2. The first-order valence-corrected chi connectivity index (χ1v) is 12.9. The second-order valence-electron chi connectivity index (χ2n) is 10.9. The molecule has 194 valence electrons. The molecule has 2 atom stereocenters. The first-order valence-electron chi connectivity index (χ1n) is 12.9. The maximum atomic E-state index is 12.6. The molecular weight excluding hydrogens is 454 g/mol. The highest BCUT2D eigenvalue weighted by atomic mass is 16.6. The smallest absolute Gasteiger partial charge is 0.410 e. The number of hydrogen-bond acceptors (Lipinski definition) is 5. The summed E-state index contributed by atoms with van der Waals surface area (Å²) in [6, 6.07) is 16.1. The van der Waals surface area contributed by atoms with Crippen LogP contribution in [0.4, 0.5) is 4.79 Å². The molecule has 2 amide bonds. The van der Waals surface area contributed by atoms with Gasteiger partial charge in [0, 0.05) is 44.8 Å². The summed E-state index contributed by atoms with van der Waals surface area (Å²) < 4.78 is 12.1. The van der Waals surface area contributed by atoms with Gasteiger partial charge in [-0.25, -0.2) is 4.79 Å². The van der Waals surface area contributed by atoms with Crippen LogP contribution in [0.2, 0.25) is 0 Å². The molecule has 0 spiro atoms. The van der Waals surface area contributed by atoms with Crippen LogP contribution in [-0.4, -0.2) is 66.7 Å². The third-order valence-corrected chi connectivity index (χ3v) is 6.74. The summed E-state index contributed by atoms with van der Waals surface area (Å²) in [5.41, 5.74) is 2.61. The van der Waals surface area contributed by atoms with Crippen LogP contribution in [0.5, 0.6) is 5.75 Å². The third-order valence-electron chi connectivity index (χ3n) is 6.74. The number of benzene rings is 2. The zero-order valence-corrected chi connectivity index (χ0v) is 22.1. The minimum absolute atomic E-state index is 0.0401. The van der Waals surface area contributed by atoms with Crippen molar-refractivity contribution in [2.45, 2.75) is 64.2 Å². The Balaban J connectivity index is 1.46. The van der Waals surface area contributed by atoms with E-state index in [1.54, 1.807) is 19.2 Å². The Morgan fingerprint density at radius 2 is 1.69 bits per heavy atom. The van der Waals surface area contributed by atoms with E-state index in [1.165, 1.54) is 18.4 Å². The molecule has 1 saturated carbocycles. The predicted octanol–water partition coefficient (Wildman–Crippen LogP) is 4.98. The Labute approximate surface area is 214 Å². The van der Waals surface area contributed by atoms with Gasteiger partial charge in [0.25, 0.3) is 5.91 Å². The van der Waals surface area contributed by atoms with E-state index in [2.05, 4.69) is 41.4 Å². The van der Waals surface area contributed by atoms with Crippen LogP contribution in [0.25, 0.3) is 0 Å². The molecule has 1 saturated heterocycles. The van der Waals surface area contributed by atoms with E-state index in [1.807, 2.05) is 37.8 Å². The van der Waals surface area contributed by atoms with Crippen molar-refractivity contribution >= 4 is 12.0 Å². The second-order valence-corrected chi connectivity index (χ2v) is 10.9. The summed E-state index contributed by atoms with van der Waals surface area (Å²) in [5, 5.41) is 2.65. The van der Waals surface area contributed by atoms with Crippen molar-refractivity contribution in [3.63, 3.8) is 0 Å². The third kappa shape index (κ3) is 6.78. The monoisotopic (exact) mass is 493 g/mol. The van der Waals surface area contributed by atoms with Crippen LogP contribution in [0.3, 0.4) is 0 Å². The molecule has 1 aliphatic carbocycles. The SMILES string of the molecule is CNC(=O)c1ccc(OC(CN2CCN(C(=O)OC(C)(C)C)[C@H](C)C2)c2ccc(C3CC3)cc2)cc1. The highest BCUT2D eigenvalue weighted by molar-refractivity contribution is 5.94. The lowest BCUT2D eigenvalue weighted by atomic mass is 10.0. The molecule has 1 heterocycles. The van der Waals surface area contributed by atoms with Crippen molar-refractivity contribution in [3.05, 3.63) is 65.2 Å². The molecule has 0 radical (unpaired) electrons. The van der Waals surface area contributed by atoms with Gasteiger partial charge in [0.1, 0.15) is 17.5 Å². The molecule has 7 nitrogen and oxygen atoms in total. The van der Waals surface area contributed by atoms with Gasteiger partial charge in [-0.3, -0.25) is 9.69 Å². The molecule has 0 bridgehead atoms. The minimum atomic E-state index is -0.507. The standard InChI is InChI=1S/C29H39N3O4/c1-20-18-31(16-17-32(20)28(34)36-29(2,3)4)19-26(23-10-8-22(9-11-23)21-6-7-21)35-25-14-12-24(13-15-25)27(33)30-5/h8-15,20-21,26H,6-7,16-19H2,1-5H3,(H,30,33)/t20-,26?/m1/s1. The number of hydrogen-bond donors (Lipinski definition) is 1. The van der Waals surface area contributed by atoms with Crippen LogP contribution >= 0.6 is 0 Å². The molecular formula is C29H39N3O4. The molecule has 0 aromatic heterocycles. The lowest BCUT2D eigenvalue weighted by Crippen LogP contribution is -2.55. The number of nitrogens with one attached hydrogen (secondary N) is 1. The highest BCUT2D eigenvalue weighted by Gasteiger charge is 2.32. The van der Waals surface area contributed by atoms with E-state index in [-0.39, 0.29) is 24.1 Å². The Kier molecular flexibility index (Phi) is 7.88. The van der Waals surface area contributed by atoms with Crippen molar-refractivity contribution in [1.29, 1.82) is 0 Å². The number of carbonyl (C=O) groups excluding carboxylic acids is 2. The van der Waals surface area contributed by atoms with E-state index in [0.29, 0.717) is 24.6 Å². The quantitative estimate of drug-likeness (QED) is 0.589. The van der Waals surface area contributed by atoms with Gasteiger partial charge in [-0.05, 0) is 81.8 Å². The average Bonchev–Trinajstić information content (AvgIpc) is 3.68. The van der Waals surface area contributed by atoms with E-state index in [0.717, 1.165) is 24.4 Å². The molecule has 4 rings (SSSR count). The Hall–Kier alpha value is -3.06. The van der Waals surface area contributed by atoms with Crippen LogP contribution in [0.1, 0.15) is 74.0 Å². The maximum Gasteiger partial charge on any atom is 0.410 e. The zero-order chi connectivity index (χ0) is 25.9. The summed E-state index contributed by atoms with van der Waals surface area (Å²) in [4.78, 5) is 28.7. The summed E-state index contributed by atoms with van der Waals surface area (Å²) in [6.07, 6.45) is 2.12. The zero-order valence-electron chi connectivity index (χ0n) is 22.1. The van der Waals surface area contributed by atoms with Gasteiger partial charge in [0.15, 0.2) is 0 Å². The fourth-order valence-electron chi connectivity index (χ4n) is 4.63. The van der Waals surface area contributed by atoms with Crippen LogP contribution in [-0.2, 0) is 4.74 Å². The van der Waals surface area contributed by atoms with Crippen LogP contribution in [0, 0.1) is 0 Å². The summed E-state index contributed by atoms with van der Waals surface area (Å²) in [6.45, 7) is 10.6. The summed E-state index contributed by atoms with van der Waals surface area (Å²) in [5.74, 6) is 1.31. The molecule has 2 aromatic rings. The molecule has 36 heavy (non-hydrogen) atoms. The fourth-order valence-corrected chi connectivity index (χ4v) is 4.63. The largest absolute Gasteiger partial charge is 0.484 e. The molecule has 1 aliphatic heterocycles. The lowest BCUT2D eigenvalue weighted by Gasteiger charge is -2.41. The first kappa shape index (κ1) is 26.0. The normalized spacial score (nSPS) is 19.5. The number of carbonyl (C=O) groups is 2. The molecule has 2 aromatic carbocycles. The van der Waals surface area contributed by atoms with E-state index >= 15 is 0 Å². The fraction of sp³-hybridized carbons (Fsp3) is 0.517. The van der Waals surface area contributed by atoms with Gasteiger partial charge in [0.05, 0.1) is 0 Å². The lowest BCUT2D eigenvalue weighted by molar-refractivity contribution is -0.00298. The van der Waals surface area contributed by atoms with Crippen molar-refractivity contribution in [2.75, 3.05) is 33.2 Å². The van der Waals surface area contributed by atoms with Gasteiger partial charge >= 0.3 is 6.09 Å². The van der Waals surface area contributed by atoms with Crippen LogP contribution in [0.15, 0.2) is 48.5 Å². The van der Waals surface area contributed by atoms with Crippen molar-refractivity contribution < 1.29 is 19.1 Å². The van der Waals surface area contributed by atoms with Gasteiger partial charge in [-0.2, -0.15) is 0 Å². The minimum Gasteiger partial charge on any atom is -0.484 e. The van der Waals surface area contributed by atoms with Crippen molar-refractivity contribution in [2.24, 2.45) is 0 Å². The van der Waals surface area contributed by atoms with Crippen molar-refractivity contribution in [1.82, 2.24) is 15.1 Å². The van der Waals surface area contributed by atoms with Gasteiger partial charge < -0.3 is 19.7 Å². The summed E-state index contributed by atoms with van der Waals surface area (Å²) in [7, 11) is 1.62. The highest BCUT2D eigenvalue weighted by Crippen LogP contribution is 2.40. The average molecular weight is 494 g/mol. The van der Waals surface area contributed by atoms with Gasteiger partial charge in [-0.1, -0.05) is 24.3 Å². The number of ether oxygens (including phenoxy) is 2. The number of amides is 2. The Bertz CT molecular complexity index is 1040. The predicted molar refractivity (Wildman–Crippen MR) is 140 cm³/mol. The number of piperazine rings is 1. The first-order chi connectivity index (χ1) is 17.1. The molecule has 7 heteroatoms.